The summed E-state index contributed by atoms with van der Waals surface area (Å²) in [5.41, 5.74) is 2.04. The number of rotatable bonds is 7. The van der Waals surface area contributed by atoms with E-state index < -0.39 is 23.0 Å². The van der Waals surface area contributed by atoms with E-state index in [0.717, 1.165) is 17.0 Å². The van der Waals surface area contributed by atoms with Crippen LogP contribution in [0.25, 0.3) is 0 Å². The Hall–Kier alpha value is -5.25. The number of fused-ring (bicyclic) bond motifs is 2. The summed E-state index contributed by atoms with van der Waals surface area (Å²) in [5.74, 6) is 1.09. The number of pyridine rings is 1. The van der Waals surface area contributed by atoms with Gasteiger partial charge in [0.05, 0.1) is 7.11 Å². The predicted molar refractivity (Wildman–Crippen MR) is 150 cm³/mol. The van der Waals surface area contributed by atoms with Crippen molar-refractivity contribution in [2.45, 2.75) is 12.8 Å². The molecule has 4 aromatic rings. The number of aliphatic imine (C=N–C) groups is 1. The van der Waals surface area contributed by atoms with Gasteiger partial charge in [0.25, 0.3) is 0 Å². The summed E-state index contributed by atoms with van der Waals surface area (Å²) in [6.07, 6.45) is 4.23. The van der Waals surface area contributed by atoms with Gasteiger partial charge in [-0.3, -0.25) is 9.59 Å². The number of benzene rings is 3. The quantitative estimate of drug-likeness (QED) is 0.214. The fourth-order valence-electron chi connectivity index (χ4n) is 4.34. The number of aromatic nitrogens is 1. The molecule has 0 atom stereocenters. The van der Waals surface area contributed by atoms with Crippen LogP contribution in [0.15, 0.2) is 84.0 Å². The van der Waals surface area contributed by atoms with E-state index in [1.54, 1.807) is 49.9 Å². The van der Waals surface area contributed by atoms with E-state index in [2.05, 4.69) is 25.9 Å². The van der Waals surface area contributed by atoms with Gasteiger partial charge in [0.2, 0.25) is 11.8 Å². The Morgan fingerprint density at radius 2 is 1.55 bits per heavy atom. The Balaban J connectivity index is 1.13. The van der Waals surface area contributed by atoms with Crippen LogP contribution in [0.1, 0.15) is 18.4 Å². The molecule has 3 N–H and O–H groups in total. The van der Waals surface area contributed by atoms with Gasteiger partial charge >= 0.3 is 0 Å². The Morgan fingerprint density at radius 3 is 2.20 bits per heavy atom. The number of hydrogen-bond acceptors (Lipinski definition) is 7. The third-order valence-electron chi connectivity index (χ3n) is 6.79. The molecule has 1 aliphatic carbocycles. The van der Waals surface area contributed by atoms with Gasteiger partial charge in [-0.2, -0.15) is 0 Å². The zero-order valence-corrected chi connectivity index (χ0v) is 21.4. The lowest BCUT2D eigenvalue weighted by atomic mass is 10.0. The molecule has 2 aliphatic rings. The number of carbonyl (C=O) groups excluding carboxylic acids is 2. The van der Waals surface area contributed by atoms with Gasteiger partial charge in [-0.15, -0.1) is 0 Å². The summed E-state index contributed by atoms with van der Waals surface area (Å²) in [6, 6.07) is 19.6. The van der Waals surface area contributed by atoms with Gasteiger partial charge in [0.1, 0.15) is 28.4 Å². The van der Waals surface area contributed by atoms with Gasteiger partial charge in [0, 0.05) is 41.1 Å². The molecule has 1 aromatic heterocycles. The van der Waals surface area contributed by atoms with E-state index >= 15 is 0 Å². The van der Waals surface area contributed by atoms with Crippen molar-refractivity contribution in [3.8, 4) is 17.2 Å². The first-order valence-electron chi connectivity index (χ1n) is 12.6. The molecule has 0 bridgehead atoms. The van der Waals surface area contributed by atoms with Crippen molar-refractivity contribution in [3.05, 3.63) is 90.4 Å². The maximum Gasteiger partial charge on any atom is 0.240 e. The smallest absolute Gasteiger partial charge is 0.240 e. The summed E-state index contributed by atoms with van der Waals surface area (Å²) in [6.45, 7) is 0. The molecule has 6 rings (SSSR count). The van der Waals surface area contributed by atoms with E-state index in [1.807, 2.05) is 18.2 Å². The molecule has 40 heavy (non-hydrogen) atoms. The van der Waals surface area contributed by atoms with Crippen LogP contribution < -0.4 is 25.4 Å². The molecule has 200 valence electrons. The van der Waals surface area contributed by atoms with Crippen molar-refractivity contribution >= 4 is 46.6 Å². The minimum Gasteiger partial charge on any atom is -0.497 e. The maximum absolute atomic E-state index is 13.2. The van der Waals surface area contributed by atoms with Crippen molar-refractivity contribution in [3.63, 3.8) is 0 Å². The number of halogens is 1. The van der Waals surface area contributed by atoms with Crippen LogP contribution in [0.3, 0.4) is 0 Å². The number of nitrogens with zero attached hydrogens (tertiary/aromatic N) is 2. The van der Waals surface area contributed by atoms with E-state index in [1.165, 1.54) is 24.3 Å². The second-order valence-electron chi connectivity index (χ2n) is 9.47. The number of anilines is 4. The number of carbonyl (C=O) groups is 2. The molecule has 9 nitrogen and oxygen atoms in total. The first kappa shape index (κ1) is 25.1. The van der Waals surface area contributed by atoms with Crippen LogP contribution in [-0.2, 0) is 9.59 Å². The highest BCUT2D eigenvalue weighted by molar-refractivity contribution is 6.16. The molecule has 10 heteroatoms. The Labute approximate surface area is 229 Å². The molecule has 1 aliphatic heterocycles. The second kappa shape index (κ2) is 10.1. The third-order valence-corrected chi connectivity index (χ3v) is 6.79. The van der Waals surface area contributed by atoms with Gasteiger partial charge in [-0.1, -0.05) is 0 Å². The first-order valence-corrected chi connectivity index (χ1v) is 12.6. The SMILES string of the molecule is COc1ccc2c(c1)C=Nc1c(Oc3ccc(NC(=O)C4(C(=O)Nc5ccc(F)cc5)CC4)cc3)ccnc1N2. The number of amides is 2. The molecular formula is C30H24FN5O4. The van der Waals surface area contributed by atoms with Crippen molar-refractivity contribution in [2.75, 3.05) is 23.1 Å². The number of nitrogens with one attached hydrogen (secondary N) is 3. The molecule has 1 fully saturated rings. The molecule has 2 amide bonds. The highest BCUT2D eigenvalue weighted by atomic mass is 19.1. The monoisotopic (exact) mass is 537 g/mol. The fourth-order valence-corrected chi connectivity index (χ4v) is 4.34. The summed E-state index contributed by atoms with van der Waals surface area (Å²) in [4.78, 5) is 34.8. The highest BCUT2D eigenvalue weighted by Crippen LogP contribution is 2.47. The van der Waals surface area contributed by atoms with Crippen molar-refractivity contribution < 1.29 is 23.5 Å². The van der Waals surface area contributed by atoms with Gasteiger partial charge in [0.15, 0.2) is 11.6 Å². The van der Waals surface area contributed by atoms with Crippen LogP contribution in [0.4, 0.5) is 33.0 Å². The minimum atomic E-state index is -1.15. The summed E-state index contributed by atoms with van der Waals surface area (Å²) < 4.78 is 24.6. The number of hydrogen-bond donors (Lipinski definition) is 3. The second-order valence-corrected chi connectivity index (χ2v) is 9.47. The molecule has 0 spiro atoms. The lowest BCUT2D eigenvalue weighted by Crippen LogP contribution is -2.35. The highest BCUT2D eigenvalue weighted by Gasteiger charge is 2.56. The van der Waals surface area contributed by atoms with Crippen LogP contribution in [0, 0.1) is 11.2 Å². The molecule has 2 heterocycles. The summed E-state index contributed by atoms with van der Waals surface area (Å²) >= 11 is 0. The van der Waals surface area contributed by atoms with Crippen molar-refractivity contribution in [1.82, 2.24) is 4.98 Å². The average molecular weight is 538 g/mol. The maximum atomic E-state index is 13.2. The van der Waals surface area contributed by atoms with Crippen LogP contribution in [-0.4, -0.2) is 30.1 Å². The Kier molecular flexibility index (Phi) is 6.35. The van der Waals surface area contributed by atoms with Crippen LogP contribution >= 0.6 is 0 Å². The van der Waals surface area contributed by atoms with E-state index in [-0.39, 0.29) is 0 Å². The molecule has 0 unspecified atom stereocenters. The van der Waals surface area contributed by atoms with Crippen LogP contribution in [0.2, 0.25) is 0 Å². The zero-order valence-electron chi connectivity index (χ0n) is 21.4. The van der Waals surface area contributed by atoms with Crippen LogP contribution in [0.5, 0.6) is 17.2 Å². The topological polar surface area (TPSA) is 114 Å². The minimum absolute atomic E-state index is 0.392. The average Bonchev–Trinajstić information content (AvgIpc) is 3.80. The molecule has 0 radical (unpaired) electrons. The van der Waals surface area contributed by atoms with E-state index in [0.29, 0.717) is 47.2 Å². The van der Waals surface area contributed by atoms with Gasteiger partial charge in [-0.05, 0) is 79.6 Å². The lowest BCUT2D eigenvalue weighted by Gasteiger charge is -2.16. The van der Waals surface area contributed by atoms with Gasteiger partial charge in [-0.25, -0.2) is 14.4 Å². The number of methoxy groups -OCH3 is 1. The number of ether oxygens (including phenoxy) is 2. The van der Waals surface area contributed by atoms with E-state index in [4.69, 9.17) is 9.47 Å². The zero-order chi connectivity index (χ0) is 27.7. The summed E-state index contributed by atoms with van der Waals surface area (Å²) in [5, 5.41) is 8.81. The standard InChI is InChI=1S/C30H24FN5O4/c1-39-23-10-11-24-18(16-23)17-33-26-25(12-15-32-27(26)36-24)40-22-8-6-21(7-9-22)35-29(38)30(13-14-30)28(37)34-20-4-2-19(31)3-5-20/h2-12,15-17H,13-14H2,1H3,(H,32,36)(H,34,37)(H,35,38). The first-order chi connectivity index (χ1) is 19.4. The van der Waals surface area contributed by atoms with Crippen molar-refractivity contribution in [1.29, 1.82) is 0 Å². The Bertz CT molecular complexity index is 1630. The van der Waals surface area contributed by atoms with E-state index in [9.17, 15) is 14.0 Å². The third kappa shape index (κ3) is 4.94. The fraction of sp³-hybridized carbons (Fsp3) is 0.133. The molecular weight excluding hydrogens is 513 g/mol. The summed E-state index contributed by atoms with van der Waals surface area (Å²) in [7, 11) is 1.61. The largest absolute Gasteiger partial charge is 0.497 e. The van der Waals surface area contributed by atoms with Gasteiger partial charge < -0.3 is 25.4 Å². The predicted octanol–water partition coefficient (Wildman–Crippen LogP) is 6.19. The molecule has 1 saturated carbocycles. The lowest BCUT2D eigenvalue weighted by molar-refractivity contribution is -0.131. The normalized spacial score (nSPS) is 14.1. The molecule has 0 saturated heterocycles. The Morgan fingerprint density at radius 1 is 0.900 bits per heavy atom. The molecule has 3 aromatic carbocycles. The van der Waals surface area contributed by atoms with Crippen molar-refractivity contribution in [2.24, 2.45) is 10.4 Å².